The maximum Gasteiger partial charge on any atom is 0.260 e. The second-order valence-electron chi connectivity index (χ2n) is 6.33. The van der Waals surface area contributed by atoms with Gasteiger partial charge in [0, 0.05) is 25.2 Å². The van der Waals surface area contributed by atoms with Crippen LogP contribution < -0.4 is 19.7 Å². The Morgan fingerprint density at radius 2 is 1.86 bits per heavy atom. The minimum Gasteiger partial charge on any atom is -0.492 e. The molecule has 0 unspecified atom stereocenters. The summed E-state index contributed by atoms with van der Waals surface area (Å²) in [6.45, 7) is 7.29. The van der Waals surface area contributed by atoms with Gasteiger partial charge in [-0.15, -0.1) is 0 Å². The normalized spacial score (nSPS) is 13.9. The smallest absolute Gasteiger partial charge is 0.260 e. The van der Waals surface area contributed by atoms with Crippen molar-refractivity contribution in [2.75, 3.05) is 49.7 Å². The van der Waals surface area contributed by atoms with Gasteiger partial charge in [0.2, 0.25) is 0 Å². The van der Waals surface area contributed by atoms with Crippen LogP contribution in [-0.4, -0.2) is 45.4 Å². The van der Waals surface area contributed by atoms with Gasteiger partial charge < -0.3 is 24.4 Å². The largest absolute Gasteiger partial charge is 0.492 e. The van der Waals surface area contributed by atoms with Crippen LogP contribution in [0.2, 0.25) is 5.02 Å². The number of ether oxygens (including phenoxy) is 3. The van der Waals surface area contributed by atoms with Gasteiger partial charge in [0.25, 0.3) is 5.91 Å². The molecular formula is C21H24ClFN2O4. The third-order valence-corrected chi connectivity index (χ3v) is 4.77. The van der Waals surface area contributed by atoms with Crippen LogP contribution in [0.3, 0.4) is 0 Å². The van der Waals surface area contributed by atoms with E-state index in [4.69, 9.17) is 25.8 Å². The zero-order valence-electron chi connectivity index (χ0n) is 16.5. The summed E-state index contributed by atoms with van der Waals surface area (Å²) in [6, 6.07) is 7.64. The Kier molecular flexibility index (Phi) is 7.17. The van der Waals surface area contributed by atoms with E-state index in [0.29, 0.717) is 43.6 Å². The van der Waals surface area contributed by atoms with Crippen LogP contribution in [0, 0.1) is 5.82 Å². The van der Waals surface area contributed by atoms with Gasteiger partial charge in [-0.25, -0.2) is 4.39 Å². The second kappa shape index (κ2) is 9.80. The lowest BCUT2D eigenvalue weighted by Gasteiger charge is -2.31. The molecule has 0 aromatic heterocycles. The van der Waals surface area contributed by atoms with E-state index in [0.717, 1.165) is 18.8 Å². The first-order valence-electron chi connectivity index (χ1n) is 9.56. The second-order valence-corrected chi connectivity index (χ2v) is 6.74. The van der Waals surface area contributed by atoms with Crippen molar-refractivity contribution in [3.8, 4) is 11.5 Å². The van der Waals surface area contributed by atoms with Crippen molar-refractivity contribution >= 4 is 28.9 Å². The van der Waals surface area contributed by atoms with Gasteiger partial charge in [0.05, 0.1) is 48.4 Å². The molecular weight excluding hydrogens is 399 g/mol. The van der Waals surface area contributed by atoms with Crippen LogP contribution in [0.25, 0.3) is 0 Å². The molecule has 2 aromatic rings. The number of nitrogens with zero attached hydrogens (tertiary/aromatic N) is 1. The molecule has 0 atom stereocenters. The van der Waals surface area contributed by atoms with E-state index in [2.05, 4.69) is 10.2 Å². The van der Waals surface area contributed by atoms with Crippen molar-refractivity contribution in [1.29, 1.82) is 0 Å². The highest BCUT2D eigenvalue weighted by atomic mass is 35.5. The molecule has 1 aliphatic heterocycles. The van der Waals surface area contributed by atoms with Gasteiger partial charge >= 0.3 is 0 Å². The minimum absolute atomic E-state index is 0.0374. The topological polar surface area (TPSA) is 60.0 Å². The number of hydrogen-bond donors (Lipinski definition) is 1. The Morgan fingerprint density at radius 3 is 2.52 bits per heavy atom. The monoisotopic (exact) mass is 422 g/mol. The third kappa shape index (κ3) is 4.92. The Balaban J connectivity index is 1.98. The van der Waals surface area contributed by atoms with Gasteiger partial charge in [0.1, 0.15) is 17.3 Å². The fraction of sp³-hybridized carbons (Fsp3) is 0.381. The maximum atomic E-state index is 14.1. The van der Waals surface area contributed by atoms with E-state index in [1.54, 1.807) is 6.07 Å². The number of rotatable bonds is 7. The molecule has 29 heavy (non-hydrogen) atoms. The highest BCUT2D eigenvalue weighted by Crippen LogP contribution is 2.39. The van der Waals surface area contributed by atoms with Crippen molar-refractivity contribution in [2.24, 2.45) is 0 Å². The molecule has 3 rings (SSSR count). The van der Waals surface area contributed by atoms with E-state index in [9.17, 15) is 9.18 Å². The zero-order chi connectivity index (χ0) is 20.8. The summed E-state index contributed by atoms with van der Waals surface area (Å²) in [5.74, 6) is -0.274. The predicted molar refractivity (Wildman–Crippen MR) is 111 cm³/mol. The predicted octanol–water partition coefficient (Wildman–Crippen LogP) is 4.37. The first kappa shape index (κ1) is 21.2. The molecule has 0 radical (unpaired) electrons. The molecule has 1 saturated heterocycles. The summed E-state index contributed by atoms with van der Waals surface area (Å²) in [4.78, 5) is 14.9. The van der Waals surface area contributed by atoms with Crippen molar-refractivity contribution in [1.82, 2.24) is 0 Å². The van der Waals surface area contributed by atoms with Crippen LogP contribution in [0.1, 0.15) is 24.2 Å². The number of morpholine rings is 1. The van der Waals surface area contributed by atoms with Crippen molar-refractivity contribution < 1.29 is 23.4 Å². The van der Waals surface area contributed by atoms with Gasteiger partial charge in [0.15, 0.2) is 0 Å². The highest BCUT2D eigenvalue weighted by Gasteiger charge is 2.22. The first-order valence-corrected chi connectivity index (χ1v) is 9.94. The fourth-order valence-corrected chi connectivity index (χ4v) is 3.39. The van der Waals surface area contributed by atoms with E-state index in [1.165, 1.54) is 18.2 Å². The lowest BCUT2D eigenvalue weighted by molar-refractivity contribution is 0.102. The van der Waals surface area contributed by atoms with E-state index >= 15 is 0 Å². The van der Waals surface area contributed by atoms with E-state index < -0.39 is 11.7 Å². The lowest BCUT2D eigenvalue weighted by atomic mass is 10.1. The first-order chi connectivity index (χ1) is 14.0. The number of amides is 1. The van der Waals surface area contributed by atoms with E-state index in [-0.39, 0.29) is 10.6 Å². The summed E-state index contributed by atoms with van der Waals surface area (Å²) in [6.07, 6.45) is 0. The van der Waals surface area contributed by atoms with Gasteiger partial charge in [-0.3, -0.25) is 4.79 Å². The quantitative estimate of drug-likeness (QED) is 0.718. The summed E-state index contributed by atoms with van der Waals surface area (Å²) in [5.41, 5.74) is 1.03. The average molecular weight is 423 g/mol. The number of nitrogens with one attached hydrogen (secondary N) is 1. The Hall–Kier alpha value is -2.51. The summed E-state index contributed by atoms with van der Waals surface area (Å²) < 4.78 is 31.1. The molecule has 1 amide bonds. The van der Waals surface area contributed by atoms with Crippen molar-refractivity contribution in [3.63, 3.8) is 0 Å². The number of anilines is 2. The Labute approximate surface area is 174 Å². The van der Waals surface area contributed by atoms with Gasteiger partial charge in [-0.1, -0.05) is 17.7 Å². The van der Waals surface area contributed by atoms with Crippen LogP contribution in [0.4, 0.5) is 15.8 Å². The summed E-state index contributed by atoms with van der Waals surface area (Å²) in [5, 5.41) is 2.75. The fourth-order valence-electron chi connectivity index (χ4n) is 3.14. The summed E-state index contributed by atoms with van der Waals surface area (Å²) >= 11 is 6.02. The van der Waals surface area contributed by atoms with Gasteiger partial charge in [-0.2, -0.15) is 0 Å². The Bertz CT molecular complexity index is 852. The molecule has 0 aliphatic carbocycles. The molecule has 1 N–H and O–H groups in total. The molecule has 0 saturated carbocycles. The molecule has 6 nitrogen and oxygen atoms in total. The third-order valence-electron chi connectivity index (χ3n) is 4.45. The van der Waals surface area contributed by atoms with Crippen LogP contribution in [0.5, 0.6) is 11.5 Å². The molecule has 156 valence electrons. The number of carbonyl (C=O) groups is 1. The molecule has 1 aliphatic rings. The molecule has 1 fully saturated rings. The summed E-state index contributed by atoms with van der Waals surface area (Å²) in [7, 11) is 0. The highest BCUT2D eigenvalue weighted by molar-refractivity contribution is 6.34. The van der Waals surface area contributed by atoms with Gasteiger partial charge in [-0.05, 0) is 26.0 Å². The van der Waals surface area contributed by atoms with Crippen molar-refractivity contribution in [3.05, 3.63) is 46.7 Å². The van der Waals surface area contributed by atoms with Crippen LogP contribution in [0.15, 0.2) is 30.3 Å². The average Bonchev–Trinajstić information content (AvgIpc) is 2.70. The lowest BCUT2D eigenvalue weighted by Crippen LogP contribution is -2.36. The molecule has 0 spiro atoms. The van der Waals surface area contributed by atoms with E-state index in [1.807, 2.05) is 19.9 Å². The number of carbonyl (C=O) groups excluding carboxylic acids is 1. The SMILES string of the molecule is CCOc1cc(N2CCOCC2)c(OCC)cc1NC(=O)c1c(F)cccc1Cl. The number of hydrogen-bond acceptors (Lipinski definition) is 5. The minimum atomic E-state index is -0.692. The van der Waals surface area contributed by atoms with Crippen molar-refractivity contribution in [2.45, 2.75) is 13.8 Å². The van der Waals surface area contributed by atoms with Crippen LogP contribution >= 0.6 is 11.6 Å². The van der Waals surface area contributed by atoms with Crippen LogP contribution in [-0.2, 0) is 4.74 Å². The Morgan fingerprint density at radius 1 is 1.17 bits per heavy atom. The standard InChI is InChI=1S/C21H24ClFN2O4/c1-3-28-18-13-17(25-8-10-27-11-9-25)19(29-4-2)12-16(18)24-21(26)20-14(22)6-5-7-15(20)23/h5-7,12-13H,3-4,8-11H2,1-2H3,(H,24,26). The molecule has 2 aromatic carbocycles. The number of halogens is 2. The molecule has 1 heterocycles. The molecule has 0 bridgehead atoms. The molecule has 8 heteroatoms. The maximum absolute atomic E-state index is 14.1. The zero-order valence-corrected chi connectivity index (χ0v) is 17.2. The number of benzene rings is 2.